The maximum absolute atomic E-state index is 2.43. The van der Waals surface area contributed by atoms with Gasteiger partial charge in [0.25, 0.3) is 5.82 Å². The highest BCUT2D eigenvalue weighted by Gasteiger charge is 2.28. The highest BCUT2D eigenvalue weighted by molar-refractivity contribution is 5.80. The number of hydrogen-bond donors (Lipinski definition) is 0. The molecule has 0 spiro atoms. The van der Waals surface area contributed by atoms with Gasteiger partial charge in [0.1, 0.15) is 5.69 Å². The van der Waals surface area contributed by atoms with Gasteiger partial charge in [0.2, 0.25) is 0 Å². The van der Waals surface area contributed by atoms with Gasteiger partial charge in [-0.3, -0.25) is 0 Å². The van der Waals surface area contributed by atoms with Crippen molar-refractivity contribution in [1.29, 1.82) is 0 Å². The summed E-state index contributed by atoms with van der Waals surface area (Å²) in [6, 6.07) is 21.9. The lowest BCUT2D eigenvalue weighted by Gasteiger charge is -2.11. The van der Waals surface area contributed by atoms with Gasteiger partial charge in [-0.15, -0.1) is 0 Å². The van der Waals surface area contributed by atoms with Gasteiger partial charge in [0, 0.05) is 0 Å². The van der Waals surface area contributed by atoms with Crippen molar-refractivity contribution in [3.63, 3.8) is 0 Å². The van der Waals surface area contributed by atoms with Crippen LogP contribution < -0.4 is 4.57 Å². The van der Waals surface area contributed by atoms with Gasteiger partial charge < -0.3 is 0 Å². The van der Waals surface area contributed by atoms with E-state index in [1.165, 1.54) is 50.4 Å². The summed E-state index contributed by atoms with van der Waals surface area (Å²) in [4.78, 5) is 0. The average Bonchev–Trinajstić information content (AvgIpc) is 2.88. The molecule has 0 fully saturated rings. The summed E-state index contributed by atoms with van der Waals surface area (Å²) in [5.41, 5.74) is 10.2. The summed E-state index contributed by atoms with van der Waals surface area (Å²) in [7, 11) is 2.17. The Morgan fingerprint density at radius 2 is 1.42 bits per heavy atom. The number of aryl methyl sites for hydroxylation is 5. The fourth-order valence-corrected chi connectivity index (χ4v) is 4.07. The van der Waals surface area contributed by atoms with Crippen LogP contribution in [-0.4, -0.2) is 4.57 Å². The molecule has 0 unspecified atom stereocenters. The highest BCUT2D eigenvalue weighted by Crippen LogP contribution is 2.32. The first-order valence-corrected chi connectivity index (χ1v) is 9.12. The molecule has 0 aliphatic heterocycles. The number of para-hydroxylation sites is 3. The molecule has 0 aliphatic carbocycles. The molecule has 0 amide bonds. The molecular formula is C24H25N2+. The molecule has 0 saturated heterocycles. The molecule has 0 radical (unpaired) electrons. The van der Waals surface area contributed by atoms with Gasteiger partial charge in [0.05, 0.1) is 12.6 Å². The zero-order valence-electron chi connectivity index (χ0n) is 16.2. The fourth-order valence-electron chi connectivity index (χ4n) is 4.07. The Kier molecular flexibility index (Phi) is 3.91. The minimum Gasteiger partial charge on any atom is -0.225 e. The molecule has 1 heterocycles. The zero-order valence-corrected chi connectivity index (χ0v) is 16.2. The second-order valence-corrected chi connectivity index (χ2v) is 7.27. The summed E-state index contributed by atoms with van der Waals surface area (Å²) < 4.78 is 4.75. The SMILES string of the molecule is Cc1ccc(-c2n(-c3c(C)cccc3C)c3ccccc3[n+]2C)c(C)c1. The van der Waals surface area contributed by atoms with Gasteiger partial charge in [-0.05, 0) is 62.6 Å². The number of rotatable bonds is 2. The zero-order chi connectivity index (χ0) is 18.4. The minimum absolute atomic E-state index is 1.22. The van der Waals surface area contributed by atoms with E-state index in [4.69, 9.17) is 0 Å². The lowest BCUT2D eigenvalue weighted by Crippen LogP contribution is -2.30. The van der Waals surface area contributed by atoms with E-state index in [-0.39, 0.29) is 0 Å². The Bertz CT molecular complexity index is 1110. The number of nitrogens with zero attached hydrogens (tertiary/aromatic N) is 2. The third kappa shape index (κ3) is 2.45. The van der Waals surface area contributed by atoms with E-state index in [9.17, 15) is 0 Å². The summed E-state index contributed by atoms with van der Waals surface area (Å²) in [6.07, 6.45) is 0. The van der Waals surface area contributed by atoms with Gasteiger partial charge in [-0.1, -0.05) is 48.0 Å². The Hall–Kier alpha value is -2.87. The largest absolute Gasteiger partial charge is 0.295 e. The van der Waals surface area contributed by atoms with Crippen molar-refractivity contribution in [2.24, 2.45) is 7.05 Å². The molecule has 2 nitrogen and oxygen atoms in total. The second-order valence-electron chi connectivity index (χ2n) is 7.27. The van der Waals surface area contributed by atoms with Crippen molar-refractivity contribution >= 4 is 11.0 Å². The summed E-state index contributed by atoms with van der Waals surface area (Å²) in [5, 5.41) is 0. The van der Waals surface area contributed by atoms with Gasteiger partial charge >= 0.3 is 0 Å². The highest BCUT2D eigenvalue weighted by atomic mass is 15.2. The Balaban J connectivity index is 2.19. The van der Waals surface area contributed by atoms with Crippen LogP contribution in [0.5, 0.6) is 0 Å². The van der Waals surface area contributed by atoms with Crippen molar-refractivity contribution in [3.05, 3.63) is 82.9 Å². The molecule has 2 heteroatoms. The Labute approximate surface area is 155 Å². The van der Waals surface area contributed by atoms with Crippen molar-refractivity contribution in [3.8, 4) is 17.1 Å². The molecule has 1 aromatic heterocycles. The third-order valence-corrected chi connectivity index (χ3v) is 5.30. The van der Waals surface area contributed by atoms with Crippen LogP contribution in [0, 0.1) is 27.7 Å². The minimum atomic E-state index is 1.22. The number of fused-ring (bicyclic) bond motifs is 1. The summed E-state index contributed by atoms with van der Waals surface area (Å²) in [5.74, 6) is 1.22. The molecule has 0 N–H and O–H groups in total. The lowest BCUT2D eigenvalue weighted by atomic mass is 10.0. The summed E-state index contributed by atoms with van der Waals surface area (Å²) >= 11 is 0. The quantitative estimate of drug-likeness (QED) is 0.434. The van der Waals surface area contributed by atoms with Crippen LogP contribution in [0.2, 0.25) is 0 Å². The molecule has 0 saturated carbocycles. The van der Waals surface area contributed by atoms with Crippen molar-refractivity contribution in [2.45, 2.75) is 27.7 Å². The molecule has 4 aromatic rings. The maximum Gasteiger partial charge on any atom is 0.295 e. The van der Waals surface area contributed by atoms with Crippen LogP contribution >= 0.6 is 0 Å². The normalized spacial score (nSPS) is 11.3. The number of hydrogen-bond acceptors (Lipinski definition) is 0. The van der Waals surface area contributed by atoms with Gasteiger partial charge in [-0.25, -0.2) is 4.57 Å². The van der Waals surface area contributed by atoms with E-state index in [0.29, 0.717) is 0 Å². The summed E-state index contributed by atoms with van der Waals surface area (Å²) in [6.45, 7) is 8.75. The first-order chi connectivity index (χ1) is 12.5. The van der Waals surface area contributed by atoms with Crippen LogP contribution in [0.3, 0.4) is 0 Å². The fraction of sp³-hybridized carbons (Fsp3) is 0.208. The molecule has 3 aromatic carbocycles. The van der Waals surface area contributed by atoms with Crippen molar-refractivity contribution < 1.29 is 4.57 Å². The first-order valence-electron chi connectivity index (χ1n) is 9.12. The molecule has 4 rings (SSSR count). The Morgan fingerprint density at radius 1 is 0.731 bits per heavy atom. The standard InChI is InChI=1S/C24H25N2/c1-16-13-14-20(19(4)15-16)24-25(5)21-11-6-7-12-22(21)26(24)23-17(2)9-8-10-18(23)3/h6-15H,1-5H3/q+1. The van der Waals surface area contributed by atoms with Crippen LogP contribution in [0.25, 0.3) is 28.1 Å². The van der Waals surface area contributed by atoms with Crippen LogP contribution in [0.4, 0.5) is 0 Å². The maximum atomic E-state index is 2.43. The average molecular weight is 341 g/mol. The predicted octanol–water partition coefficient (Wildman–Crippen LogP) is 5.36. The molecule has 0 bridgehead atoms. The van der Waals surface area contributed by atoms with Gasteiger partial charge in [-0.2, -0.15) is 4.57 Å². The first kappa shape index (κ1) is 16.6. The molecule has 26 heavy (non-hydrogen) atoms. The second kappa shape index (κ2) is 6.14. The molecule has 130 valence electrons. The van der Waals surface area contributed by atoms with E-state index in [2.05, 4.69) is 105 Å². The Morgan fingerprint density at radius 3 is 2.12 bits per heavy atom. The monoisotopic (exact) mass is 341 g/mol. The van der Waals surface area contributed by atoms with Crippen LogP contribution in [0.1, 0.15) is 22.3 Å². The molecule has 0 atom stereocenters. The van der Waals surface area contributed by atoms with E-state index in [1.807, 2.05) is 0 Å². The van der Waals surface area contributed by atoms with E-state index < -0.39 is 0 Å². The van der Waals surface area contributed by atoms with Crippen molar-refractivity contribution in [2.75, 3.05) is 0 Å². The van der Waals surface area contributed by atoms with Gasteiger partial charge in [0.15, 0.2) is 11.0 Å². The number of imidazole rings is 1. The van der Waals surface area contributed by atoms with Crippen LogP contribution in [0.15, 0.2) is 60.7 Å². The smallest absolute Gasteiger partial charge is 0.225 e. The number of benzene rings is 3. The number of aromatic nitrogens is 2. The van der Waals surface area contributed by atoms with E-state index >= 15 is 0 Å². The topological polar surface area (TPSA) is 8.81 Å². The van der Waals surface area contributed by atoms with Crippen LogP contribution in [-0.2, 0) is 7.05 Å². The van der Waals surface area contributed by atoms with E-state index in [0.717, 1.165) is 0 Å². The third-order valence-electron chi connectivity index (χ3n) is 5.30. The molecule has 0 aliphatic rings. The molecular weight excluding hydrogens is 316 g/mol. The predicted molar refractivity (Wildman–Crippen MR) is 109 cm³/mol. The van der Waals surface area contributed by atoms with Crippen molar-refractivity contribution in [1.82, 2.24) is 4.57 Å². The lowest BCUT2D eigenvalue weighted by molar-refractivity contribution is -0.633. The van der Waals surface area contributed by atoms with E-state index in [1.54, 1.807) is 0 Å².